The average Bonchev–Trinajstić information content (AvgIpc) is 2.46. The van der Waals surface area contributed by atoms with Gasteiger partial charge in [-0.3, -0.25) is 4.79 Å². The van der Waals surface area contributed by atoms with Crippen LogP contribution in [0.2, 0.25) is 0 Å². The third kappa shape index (κ3) is 3.05. The zero-order chi connectivity index (χ0) is 16.9. The highest BCUT2D eigenvalue weighted by Crippen LogP contribution is 2.64. The highest BCUT2D eigenvalue weighted by Gasteiger charge is 2.60. The molecule has 4 aliphatic rings. The minimum absolute atomic E-state index is 0.0517. The molecule has 4 bridgehead atoms. The van der Waals surface area contributed by atoms with E-state index in [9.17, 15) is 13.6 Å². The highest BCUT2D eigenvalue weighted by molar-refractivity contribution is 7.99. The number of alkyl halides is 3. The Morgan fingerprint density at radius 1 is 1.17 bits per heavy atom. The lowest BCUT2D eigenvalue weighted by Crippen LogP contribution is -2.57. The molecule has 1 aromatic carbocycles. The predicted molar refractivity (Wildman–Crippen MR) is 92.6 cm³/mol. The van der Waals surface area contributed by atoms with Crippen molar-refractivity contribution in [3.05, 3.63) is 24.3 Å². The van der Waals surface area contributed by atoms with Crippen LogP contribution in [0.5, 0.6) is 0 Å². The molecule has 0 aliphatic heterocycles. The topological polar surface area (TPSA) is 29.1 Å². The summed E-state index contributed by atoms with van der Waals surface area (Å²) in [6, 6.07) is 6.63. The summed E-state index contributed by atoms with van der Waals surface area (Å²) in [5, 5.41) is 3.00. The van der Waals surface area contributed by atoms with Gasteiger partial charge in [-0.25, -0.2) is 0 Å². The number of carbonyl (C=O) groups excluding carboxylic acids is 1. The molecule has 24 heavy (non-hydrogen) atoms. The number of amides is 1. The Kier molecular flexibility index (Phi) is 4.07. The van der Waals surface area contributed by atoms with E-state index in [0.717, 1.165) is 32.1 Å². The van der Waals surface area contributed by atoms with Crippen molar-refractivity contribution < 1.29 is 13.6 Å². The van der Waals surface area contributed by atoms with Gasteiger partial charge in [0, 0.05) is 15.5 Å². The standard InChI is InChI=1S/C18H20ClF2NOS/c19-18-8-11-5-12(9-18)7-17(6-11,10-18)15(23)22-13-1-3-14(4-2-13)24-16(20)21/h1-4,11-12,16H,5-10H2,(H,22,23)/t11-,12+,17?,18?. The van der Waals surface area contributed by atoms with Crippen LogP contribution in [-0.2, 0) is 4.79 Å². The Morgan fingerprint density at radius 3 is 2.33 bits per heavy atom. The number of anilines is 1. The van der Waals surface area contributed by atoms with Crippen LogP contribution in [0, 0.1) is 17.3 Å². The summed E-state index contributed by atoms with van der Waals surface area (Å²) in [6.45, 7) is 0. The van der Waals surface area contributed by atoms with Crippen LogP contribution in [0.3, 0.4) is 0 Å². The molecule has 5 rings (SSSR count). The van der Waals surface area contributed by atoms with Gasteiger partial charge in [-0.1, -0.05) is 11.8 Å². The fraction of sp³-hybridized carbons (Fsp3) is 0.611. The van der Waals surface area contributed by atoms with Crippen molar-refractivity contribution in [3.63, 3.8) is 0 Å². The number of rotatable bonds is 4. The van der Waals surface area contributed by atoms with E-state index in [1.165, 1.54) is 6.42 Å². The zero-order valence-electron chi connectivity index (χ0n) is 13.2. The van der Waals surface area contributed by atoms with Gasteiger partial charge in [0.15, 0.2) is 0 Å². The minimum atomic E-state index is -2.43. The first-order valence-corrected chi connectivity index (χ1v) is 9.67. The van der Waals surface area contributed by atoms with E-state index in [1.54, 1.807) is 24.3 Å². The van der Waals surface area contributed by atoms with Gasteiger partial charge >= 0.3 is 0 Å². The second-order valence-electron chi connectivity index (χ2n) is 7.75. The fourth-order valence-electron chi connectivity index (χ4n) is 5.40. The van der Waals surface area contributed by atoms with Crippen LogP contribution in [0.15, 0.2) is 29.2 Å². The molecule has 4 fully saturated rings. The Balaban J connectivity index is 1.48. The first-order chi connectivity index (χ1) is 11.4. The van der Waals surface area contributed by atoms with Gasteiger partial charge < -0.3 is 5.32 Å². The van der Waals surface area contributed by atoms with E-state index in [1.807, 2.05) is 0 Å². The van der Waals surface area contributed by atoms with Crippen molar-refractivity contribution in [2.24, 2.45) is 17.3 Å². The molecule has 4 saturated carbocycles. The first kappa shape index (κ1) is 16.6. The molecule has 4 atom stereocenters. The van der Waals surface area contributed by atoms with Crippen LogP contribution in [0.4, 0.5) is 14.5 Å². The number of thioether (sulfide) groups is 1. The molecule has 6 heteroatoms. The minimum Gasteiger partial charge on any atom is -0.326 e. The molecule has 4 aliphatic carbocycles. The molecular formula is C18H20ClF2NOS. The van der Waals surface area contributed by atoms with E-state index in [2.05, 4.69) is 5.32 Å². The number of nitrogens with one attached hydrogen (secondary N) is 1. The van der Waals surface area contributed by atoms with Gasteiger partial charge in [-0.2, -0.15) is 8.78 Å². The first-order valence-electron chi connectivity index (χ1n) is 8.41. The average molecular weight is 372 g/mol. The molecule has 0 spiro atoms. The second-order valence-corrected chi connectivity index (χ2v) is 9.61. The molecular weight excluding hydrogens is 352 g/mol. The molecule has 0 radical (unpaired) electrons. The molecule has 2 nitrogen and oxygen atoms in total. The monoisotopic (exact) mass is 371 g/mol. The molecule has 130 valence electrons. The molecule has 2 unspecified atom stereocenters. The normalized spacial score (nSPS) is 37.0. The number of carbonyl (C=O) groups is 1. The van der Waals surface area contributed by atoms with E-state index in [-0.39, 0.29) is 16.2 Å². The molecule has 0 saturated heterocycles. The smallest absolute Gasteiger partial charge is 0.288 e. The maximum absolute atomic E-state index is 13.0. The summed E-state index contributed by atoms with van der Waals surface area (Å²) in [5.41, 5.74) is 0.320. The van der Waals surface area contributed by atoms with Gasteiger partial charge in [0.25, 0.3) is 5.76 Å². The molecule has 1 amide bonds. The molecule has 0 aromatic heterocycles. The van der Waals surface area contributed by atoms with Crippen molar-refractivity contribution in [1.82, 2.24) is 0 Å². The van der Waals surface area contributed by atoms with Gasteiger partial charge in [0.05, 0.1) is 5.41 Å². The van der Waals surface area contributed by atoms with Crippen LogP contribution >= 0.6 is 23.4 Å². The number of hydrogen-bond donors (Lipinski definition) is 1. The number of halogens is 3. The largest absolute Gasteiger partial charge is 0.326 e. The lowest BCUT2D eigenvalue weighted by Gasteiger charge is -2.59. The Bertz CT molecular complexity index is 637. The van der Waals surface area contributed by atoms with Gasteiger partial charge in [-0.15, -0.1) is 11.6 Å². The number of benzene rings is 1. The zero-order valence-corrected chi connectivity index (χ0v) is 14.8. The van der Waals surface area contributed by atoms with Crippen LogP contribution in [0.25, 0.3) is 0 Å². The third-order valence-corrected chi connectivity index (χ3v) is 6.97. The van der Waals surface area contributed by atoms with Crippen LogP contribution < -0.4 is 5.32 Å². The molecule has 1 N–H and O–H groups in total. The third-order valence-electron chi connectivity index (χ3n) is 5.81. The quantitative estimate of drug-likeness (QED) is 0.558. The van der Waals surface area contributed by atoms with Crippen molar-refractivity contribution in [3.8, 4) is 0 Å². The molecule has 1 aromatic rings. The predicted octanol–water partition coefficient (Wildman–Crippen LogP) is 5.52. The fourth-order valence-corrected chi connectivity index (χ4v) is 6.59. The van der Waals surface area contributed by atoms with Crippen molar-refractivity contribution in [1.29, 1.82) is 0 Å². The highest BCUT2D eigenvalue weighted by atomic mass is 35.5. The van der Waals surface area contributed by atoms with Gasteiger partial charge in [-0.05, 0) is 74.6 Å². The summed E-state index contributed by atoms with van der Waals surface area (Å²) in [4.78, 5) is 13.3. The summed E-state index contributed by atoms with van der Waals surface area (Å²) >= 11 is 7.29. The van der Waals surface area contributed by atoms with E-state index in [4.69, 9.17) is 11.6 Å². The summed E-state index contributed by atoms with van der Waals surface area (Å²) in [5.74, 6) is -1.24. The summed E-state index contributed by atoms with van der Waals surface area (Å²) in [6.07, 6.45) is 5.92. The van der Waals surface area contributed by atoms with Gasteiger partial charge in [0.2, 0.25) is 5.91 Å². The van der Waals surface area contributed by atoms with E-state index < -0.39 is 5.76 Å². The molecule has 0 heterocycles. The summed E-state index contributed by atoms with van der Waals surface area (Å²) < 4.78 is 24.7. The SMILES string of the molecule is O=C(Nc1ccc(SC(F)F)cc1)C12C[C@@H]3C[C@@H](CC(Cl)(C3)C1)C2. The maximum Gasteiger partial charge on any atom is 0.288 e. The van der Waals surface area contributed by atoms with Crippen molar-refractivity contribution >= 4 is 35.0 Å². The lowest BCUT2D eigenvalue weighted by atomic mass is 9.49. The van der Waals surface area contributed by atoms with Gasteiger partial charge in [0.1, 0.15) is 0 Å². The Hall–Kier alpha value is -0.810. The summed E-state index contributed by atoms with van der Waals surface area (Å²) in [7, 11) is 0. The van der Waals surface area contributed by atoms with Crippen LogP contribution in [0.1, 0.15) is 38.5 Å². The second kappa shape index (κ2) is 5.87. The number of hydrogen-bond acceptors (Lipinski definition) is 2. The van der Waals surface area contributed by atoms with Crippen molar-refractivity contribution in [2.45, 2.75) is 54.1 Å². The van der Waals surface area contributed by atoms with E-state index in [0.29, 0.717) is 34.2 Å². The van der Waals surface area contributed by atoms with E-state index >= 15 is 0 Å². The Labute approximate surface area is 149 Å². The van der Waals surface area contributed by atoms with Crippen molar-refractivity contribution in [2.75, 3.05) is 5.32 Å². The lowest BCUT2D eigenvalue weighted by molar-refractivity contribution is -0.138. The Morgan fingerprint density at radius 2 is 1.79 bits per heavy atom. The van der Waals surface area contributed by atoms with Crippen LogP contribution in [-0.4, -0.2) is 16.5 Å². The maximum atomic E-state index is 13.0.